The molecule has 6 N–H and O–H groups in total. The summed E-state index contributed by atoms with van der Waals surface area (Å²) in [4.78, 5) is 35.2. The number of benzene rings is 1. The number of rotatable bonds is 17. The third kappa shape index (κ3) is 10.1. The Labute approximate surface area is 307 Å². The molecule has 294 valence electrons. The fourth-order valence-electron chi connectivity index (χ4n) is 5.69. The fourth-order valence-corrected chi connectivity index (χ4v) is 7.47. The number of aliphatic imine (C=N–C) groups is 1. The lowest BCUT2D eigenvalue weighted by atomic mass is 9.87. The number of carbonyl (C=O) groups is 1. The van der Waals surface area contributed by atoms with Gasteiger partial charge in [-0.15, -0.1) is 0 Å². The number of fused-ring (bicyclic) bond motifs is 1. The van der Waals surface area contributed by atoms with Gasteiger partial charge in [0, 0.05) is 13.3 Å². The summed E-state index contributed by atoms with van der Waals surface area (Å²) in [5, 5.41) is 38.1. The predicted octanol–water partition coefficient (Wildman–Crippen LogP) is 3.16. The Morgan fingerprint density at radius 2 is 1.79 bits per heavy atom. The number of hydrogen-bond acceptors (Lipinski definition) is 13. The standard InChI is InChI=1S/C33H50N6O12P2/c1-8-22(9-2)16-47-31(42)21(3)37-52(43,51-24-12-10-23(11-13-24)32(4,5)6)48-17-26-28(40)29(41)33(50-26,18-35-7)27-15-14-25-30(34)38(19-36-39(25)27)20-49-53(44,45)46/h10-15,18-19,21-22,26,28-29,34,40-41H,8-9,16-17,20H2,1-7H3,(H,37,43)(H2,44,45,46)/b34-30?,35-18-/t21-,26+,28+,29+,33-,52?/m0/s1. The van der Waals surface area contributed by atoms with E-state index in [1.807, 2.05) is 46.8 Å². The minimum atomic E-state index is -4.84. The normalized spacial score (nSPS) is 22.8. The molecule has 0 spiro atoms. The van der Waals surface area contributed by atoms with Crippen molar-refractivity contribution in [2.24, 2.45) is 10.9 Å². The van der Waals surface area contributed by atoms with Crippen LogP contribution in [0.15, 0.2) is 47.7 Å². The van der Waals surface area contributed by atoms with Gasteiger partial charge in [-0.25, -0.2) is 13.6 Å². The number of phosphoric acid groups is 1. The molecular weight excluding hydrogens is 734 g/mol. The maximum Gasteiger partial charge on any atom is 0.471 e. The van der Waals surface area contributed by atoms with Gasteiger partial charge in [0.25, 0.3) is 0 Å². The third-order valence-electron chi connectivity index (χ3n) is 8.94. The molecule has 3 heterocycles. The molecule has 1 aliphatic heterocycles. The lowest BCUT2D eigenvalue weighted by Gasteiger charge is -2.28. The number of esters is 1. The van der Waals surface area contributed by atoms with Gasteiger partial charge in [0.15, 0.2) is 11.1 Å². The highest BCUT2D eigenvalue weighted by molar-refractivity contribution is 7.52. The molecule has 0 bridgehead atoms. The quantitative estimate of drug-likeness (QED) is 0.0654. The highest BCUT2D eigenvalue weighted by Crippen LogP contribution is 2.47. The zero-order valence-corrected chi connectivity index (χ0v) is 32.6. The van der Waals surface area contributed by atoms with E-state index < -0.39 is 64.8 Å². The van der Waals surface area contributed by atoms with Crippen LogP contribution < -0.4 is 15.1 Å². The van der Waals surface area contributed by atoms with Gasteiger partial charge in [0.05, 0.1) is 18.9 Å². The van der Waals surface area contributed by atoms with Gasteiger partial charge in [-0.2, -0.15) is 10.2 Å². The molecule has 1 fully saturated rings. The smallest absolute Gasteiger partial charge is 0.464 e. The fraction of sp³-hybridized carbons (Fsp3) is 0.576. The van der Waals surface area contributed by atoms with Crippen LogP contribution in [0.1, 0.15) is 65.6 Å². The van der Waals surface area contributed by atoms with E-state index >= 15 is 0 Å². The number of nitrogens with zero attached hydrogens (tertiary/aromatic N) is 4. The molecule has 6 atom stereocenters. The van der Waals surface area contributed by atoms with Gasteiger partial charge in [-0.1, -0.05) is 59.6 Å². The molecule has 53 heavy (non-hydrogen) atoms. The van der Waals surface area contributed by atoms with Crippen molar-refractivity contribution in [3.05, 3.63) is 59.5 Å². The molecule has 20 heteroatoms. The van der Waals surface area contributed by atoms with E-state index in [9.17, 15) is 24.1 Å². The number of ether oxygens (including phenoxy) is 2. The van der Waals surface area contributed by atoms with Crippen molar-refractivity contribution >= 4 is 33.3 Å². The van der Waals surface area contributed by atoms with E-state index in [0.29, 0.717) is 0 Å². The van der Waals surface area contributed by atoms with Crippen LogP contribution in [-0.4, -0.2) is 91.0 Å². The third-order valence-corrected chi connectivity index (χ3v) is 11.0. The zero-order chi connectivity index (χ0) is 39.4. The van der Waals surface area contributed by atoms with Gasteiger partial charge in [-0.3, -0.25) is 28.8 Å². The minimum Gasteiger partial charge on any atom is -0.464 e. The topological polar surface area (TPSA) is 249 Å². The van der Waals surface area contributed by atoms with E-state index in [0.717, 1.165) is 29.3 Å². The molecule has 1 aromatic carbocycles. The van der Waals surface area contributed by atoms with Crippen LogP contribution in [0, 0.1) is 11.3 Å². The van der Waals surface area contributed by atoms with Crippen molar-refractivity contribution in [1.82, 2.24) is 19.3 Å². The monoisotopic (exact) mass is 784 g/mol. The van der Waals surface area contributed by atoms with Crippen molar-refractivity contribution in [3.63, 3.8) is 0 Å². The summed E-state index contributed by atoms with van der Waals surface area (Å²) >= 11 is 0. The van der Waals surface area contributed by atoms with Gasteiger partial charge < -0.3 is 34.0 Å². The molecule has 1 saturated heterocycles. The largest absolute Gasteiger partial charge is 0.471 e. The summed E-state index contributed by atoms with van der Waals surface area (Å²) in [5.74, 6) is -0.337. The lowest BCUT2D eigenvalue weighted by molar-refractivity contribution is -0.146. The first kappa shape index (κ1) is 42.5. The zero-order valence-electron chi connectivity index (χ0n) is 30.8. The van der Waals surface area contributed by atoms with Gasteiger partial charge in [-0.05, 0) is 48.1 Å². The lowest BCUT2D eigenvalue weighted by Crippen LogP contribution is -2.43. The van der Waals surface area contributed by atoms with Crippen molar-refractivity contribution in [2.45, 2.75) is 96.5 Å². The van der Waals surface area contributed by atoms with Gasteiger partial charge in [0.1, 0.15) is 48.7 Å². The molecule has 3 aromatic rings. The van der Waals surface area contributed by atoms with E-state index in [1.165, 1.54) is 36.8 Å². The predicted molar refractivity (Wildman–Crippen MR) is 192 cm³/mol. The Morgan fingerprint density at radius 1 is 1.13 bits per heavy atom. The molecule has 1 aliphatic rings. The second-order valence-electron chi connectivity index (χ2n) is 13.8. The second kappa shape index (κ2) is 17.0. The molecule has 0 amide bonds. The summed E-state index contributed by atoms with van der Waals surface area (Å²) in [7, 11) is -7.85. The van der Waals surface area contributed by atoms with Crippen LogP contribution in [-0.2, 0) is 50.2 Å². The maximum absolute atomic E-state index is 14.4. The first-order valence-electron chi connectivity index (χ1n) is 17.1. The molecule has 0 radical (unpaired) electrons. The summed E-state index contributed by atoms with van der Waals surface area (Å²) < 4.78 is 55.8. The van der Waals surface area contributed by atoms with Crippen LogP contribution in [0.3, 0.4) is 0 Å². The molecule has 0 saturated carbocycles. The van der Waals surface area contributed by atoms with Crippen LogP contribution in [0.25, 0.3) is 5.52 Å². The number of hydrogen-bond donors (Lipinski definition) is 6. The number of aliphatic hydroxyl groups excluding tert-OH is 2. The number of aromatic nitrogens is 3. The second-order valence-corrected chi connectivity index (χ2v) is 16.7. The van der Waals surface area contributed by atoms with E-state index in [-0.39, 0.29) is 40.4 Å². The SMILES string of the molecule is CCC(CC)COC(=O)[C@H](C)NP(=O)(OC[C@H]1O[C@@](/C=N\C)(c2ccc3c(=N)n(COP(=O)(O)O)cnn23)[C@H](O)[C@@H]1O)Oc1ccc(C(C)(C)C)cc1. The van der Waals surface area contributed by atoms with Gasteiger partial charge >= 0.3 is 21.5 Å². The highest BCUT2D eigenvalue weighted by atomic mass is 31.2. The van der Waals surface area contributed by atoms with Crippen LogP contribution in [0.4, 0.5) is 0 Å². The molecular formula is C33H50N6O12P2. The summed E-state index contributed by atoms with van der Waals surface area (Å²) in [6.07, 6.45) is -0.697. The van der Waals surface area contributed by atoms with Crippen molar-refractivity contribution in [1.29, 1.82) is 5.41 Å². The number of carbonyl (C=O) groups excluding carboxylic acids is 1. The number of aliphatic hydroxyl groups is 2. The van der Waals surface area contributed by atoms with Gasteiger partial charge in [0.2, 0.25) is 0 Å². The van der Waals surface area contributed by atoms with Crippen LogP contribution in [0.2, 0.25) is 0 Å². The summed E-state index contributed by atoms with van der Waals surface area (Å²) in [5.41, 5.74) is -1.02. The van der Waals surface area contributed by atoms with Crippen molar-refractivity contribution < 1.29 is 57.0 Å². The molecule has 18 nitrogen and oxygen atoms in total. The molecule has 0 aliphatic carbocycles. The maximum atomic E-state index is 14.4. The molecule has 1 unspecified atom stereocenters. The Morgan fingerprint density at radius 3 is 2.38 bits per heavy atom. The Kier molecular flexibility index (Phi) is 13.6. The average Bonchev–Trinajstić information content (AvgIpc) is 3.63. The van der Waals surface area contributed by atoms with E-state index in [4.69, 9.17) is 33.7 Å². The Hall–Kier alpha value is -3.28. The van der Waals surface area contributed by atoms with E-state index in [2.05, 4.69) is 19.7 Å². The first-order valence-corrected chi connectivity index (χ1v) is 20.1. The summed E-state index contributed by atoms with van der Waals surface area (Å²) in [6.45, 7) is 10.5. The Bertz CT molecular complexity index is 1900. The first-order chi connectivity index (χ1) is 24.8. The van der Waals surface area contributed by atoms with Crippen LogP contribution in [0.5, 0.6) is 5.75 Å². The van der Waals surface area contributed by atoms with Crippen molar-refractivity contribution in [3.8, 4) is 5.75 Å². The molecule has 2 aromatic heterocycles. The average molecular weight is 785 g/mol. The minimum absolute atomic E-state index is 0.133. The Balaban J connectivity index is 1.61. The highest BCUT2D eigenvalue weighted by Gasteiger charge is 2.56. The number of phosphoric ester groups is 1. The van der Waals surface area contributed by atoms with E-state index in [1.54, 1.807) is 12.1 Å². The van der Waals surface area contributed by atoms with Crippen LogP contribution >= 0.6 is 15.6 Å². The summed E-state index contributed by atoms with van der Waals surface area (Å²) in [6, 6.07) is 8.66. The van der Waals surface area contributed by atoms with Crippen molar-refractivity contribution in [2.75, 3.05) is 20.3 Å². The number of nitrogens with one attached hydrogen (secondary N) is 2. The molecule has 4 rings (SSSR count).